The van der Waals surface area contributed by atoms with Crippen LogP contribution in [0.1, 0.15) is 5.56 Å². The van der Waals surface area contributed by atoms with Crippen LogP contribution in [0.5, 0.6) is 0 Å². The maximum atomic E-state index is 12.7. The highest BCUT2D eigenvalue weighted by Gasteiger charge is 2.34. The van der Waals surface area contributed by atoms with E-state index < -0.39 is 11.8 Å². The summed E-state index contributed by atoms with van der Waals surface area (Å²) in [6.45, 7) is 0. The van der Waals surface area contributed by atoms with Gasteiger partial charge >= 0.3 is 5.69 Å². The number of rotatable bonds is 2. The van der Waals surface area contributed by atoms with Crippen LogP contribution in [0.4, 0.5) is 5.69 Å². The molecule has 0 radical (unpaired) electrons. The fourth-order valence-corrected chi connectivity index (χ4v) is 3.52. The number of nitrogens with one attached hydrogen (secondary N) is 1. The fourth-order valence-electron chi connectivity index (χ4n) is 3.13. The first kappa shape index (κ1) is 17.3. The molecule has 1 aromatic heterocycles. The molecule has 0 unspecified atom stereocenters. The Morgan fingerprint density at radius 2 is 1.70 bits per heavy atom. The van der Waals surface area contributed by atoms with Gasteiger partial charge in [-0.1, -0.05) is 28.1 Å². The molecule has 2 aromatic carbocycles. The van der Waals surface area contributed by atoms with Crippen molar-refractivity contribution in [1.82, 2.24) is 14.6 Å². The van der Waals surface area contributed by atoms with Crippen molar-refractivity contribution in [2.24, 2.45) is 14.1 Å². The summed E-state index contributed by atoms with van der Waals surface area (Å²) in [5.41, 5.74) is 5.21. The lowest BCUT2D eigenvalue weighted by molar-refractivity contribution is -0.117. The average Bonchev–Trinajstić information content (AvgIpc) is 3.05. The van der Waals surface area contributed by atoms with Crippen molar-refractivity contribution < 1.29 is 9.59 Å². The number of hydrogen-bond donors (Lipinski definition) is 1. The van der Waals surface area contributed by atoms with E-state index in [2.05, 4.69) is 21.4 Å². The molecule has 1 fully saturated rings. The topological polar surface area (TPSA) is 76.3 Å². The zero-order chi connectivity index (χ0) is 19.3. The minimum absolute atomic E-state index is 0.0373. The van der Waals surface area contributed by atoms with E-state index in [-0.39, 0.29) is 11.3 Å². The van der Waals surface area contributed by atoms with Gasteiger partial charge < -0.3 is 0 Å². The van der Waals surface area contributed by atoms with Crippen molar-refractivity contribution in [3.05, 3.63) is 68.6 Å². The molecule has 27 heavy (non-hydrogen) atoms. The van der Waals surface area contributed by atoms with Gasteiger partial charge in [0.1, 0.15) is 5.57 Å². The summed E-state index contributed by atoms with van der Waals surface area (Å²) in [7, 11) is 3.39. The van der Waals surface area contributed by atoms with E-state index in [1.807, 2.05) is 6.07 Å². The van der Waals surface area contributed by atoms with E-state index in [4.69, 9.17) is 0 Å². The lowest BCUT2D eigenvalue weighted by Crippen LogP contribution is -2.35. The molecule has 2 heterocycles. The van der Waals surface area contributed by atoms with E-state index in [0.717, 1.165) is 15.5 Å². The smallest absolute Gasteiger partial charge is 0.295 e. The predicted octanol–water partition coefficient (Wildman–Crippen LogP) is 2.10. The van der Waals surface area contributed by atoms with Crippen LogP contribution < -0.4 is 16.1 Å². The molecule has 0 atom stereocenters. The second-order valence-corrected chi connectivity index (χ2v) is 7.18. The lowest BCUT2D eigenvalue weighted by atomic mass is 10.1. The molecule has 4 rings (SSSR count). The van der Waals surface area contributed by atoms with Crippen molar-refractivity contribution in [3.63, 3.8) is 0 Å². The molecule has 0 bridgehead atoms. The van der Waals surface area contributed by atoms with Crippen molar-refractivity contribution in [3.8, 4) is 0 Å². The molecule has 1 aliphatic heterocycles. The number of aryl methyl sites for hydroxylation is 2. The molecule has 1 saturated heterocycles. The van der Waals surface area contributed by atoms with Crippen molar-refractivity contribution in [2.75, 3.05) is 5.01 Å². The minimum Gasteiger partial charge on any atom is -0.295 e. The highest BCUT2D eigenvalue weighted by molar-refractivity contribution is 9.10. The third-order valence-corrected chi connectivity index (χ3v) is 5.06. The summed E-state index contributed by atoms with van der Waals surface area (Å²) < 4.78 is 3.88. The second-order valence-electron chi connectivity index (χ2n) is 6.27. The molecule has 7 nitrogen and oxygen atoms in total. The van der Waals surface area contributed by atoms with Gasteiger partial charge in [0.15, 0.2) is 0 Å². The van der Waals surface area contributed by atoms with Crippen LogP contribution in [0.25, 0.3) is 17.1 Å². The van der Waals surface area contributed by atoms with Gasteiger partial charge in [-0.25, -0.2) is 9.80 Å². The number of carbonyl (C=O) groups is 2. The molecule has 8 heteroatoms. The molecule has 136 valence electrons. The van der Waals surface area contributed by atoms with E-state index in [1.54, 1.807) is 55.1 Å². The number of nitrogens with zero attached hydrogens (tertiary/aromatic N) is 3. The molecule has 0 aliphatic carbocycles. The molecule has 1 aliphatic rings. The van der Waals surface area contributed by atoms with Crippen molar-refractivity contribution in [2.45, 2.75) is 0 Å². The van der Waals surface area contributed by atoms with Crippen LogP contribution in [0.15, 0.2) is 57.3 Å². The third kappa shape index (κ3) is 2.78. The van der Waals surface area contributed by atoms with Crippen LogP contribution >= 0.6 is 15.9 Å². The van der Waals surface area contributed by atoms with E-state index in [9.17, 15) is 14.4 Å². The maximum Gasteiger partial charge on any atom is 0.328 e. The van der Waals surface area contributed by atoms with Gasteiger partial charge in [-0.15, -0.1) is 0 Å². The Morgan fingerprint density at radius 3 is 2.44 bits per heavy atom. The summed E-state index contributed by atoms with van der Waals surface area (Å²) in [5.74, 6) is -0.901. The minimum atomic E-state index is -0.470. The van der Waals surface area contributed by atoms with Crippen LogP contribution in [-0.2, 0) is 23.7 Å². The Labute approximate surface area is 162 Å². The zero-order valence-corrected chi connectivity index (χ0v) is 16.1. The number of hydrogen-bond acceptors (Lipinski definition) is 3. The number of hydrazine groups is 1. The van der Waals surface area contributed by atoms with Gasteiger partial charge in [-0.05, 0) is 42.0 Å². The molecule has 2 amide bonds. The molecule has 3 aromatic rings. The number of carbonyl (C=O) groups excluding carboxylic acids is 2. The van der Waals surface area contributed by atoms with Gasteiger partial charge in [0.2, 0.25) is 0 Å². The first-order chi connectivity index (χ1) is 12.9. The molecule has 0 saturated carbocycles. The number of amides is 2. The molecule has 0 spiro atoms. The summed E-state index contributed by atoms with van der Waals surface area (Å²) in [5, 5.41) is 1.22. The Bertz CT molecular complexity index is 1210. The Kier molecular flexibility index (Phi) is 4.00. The van der Waals surface area contributed by atoms with Gasteiger partial charge in [0, 0.05) is 18.6 Å². The van der Waals surface area contributed by atoms with Crippen LogP contribution in [0.2, 0.25) is 0 Å². The summed E-state index contributed by atoms with van der Waals surface area (Å²) >= 11 is 3.36. The van der Waals surface area contributed by atoms with Crippen molar-refractivity contribution in [1.29, 1.82) is 0 Å². The molecule has 1 N–H and O–H groups in total. The normalized spacial score (nSPS) is 15.8. The number of benzene rings is 2. The lowest BCUT2D eigenvalue weighted by Gasteiger charge is -2.14. The van der Waals surface area contributed by atoms with E-state index >= 15 is 0 Å². The highest BCUT2D eigenvalue weighted by atomic mass is 79.9. The standard InChI is InChI=1S/C19H15BrN4O3/c1-22-15-7-6-11(9-16(15)23(2)19(22)27)8-14-17(25)21-24(18(14)26)13-5-3-4-12(20)10-13/h3-10H,1-2H3,(H,21,25)/b14-8+. The van der Waals surface area contributed by atoms with E-state index in [1.165, 1.54) is 15.7 Å². The molecular formula is C19H15BrN4O3. The average molecular weight is 427 g/mol. The zero-order valence-electron chi connectivity index (χ0n) is 14.6. The van der Waals surface area contributed by atoms with Crippen molar-refractivity contribution >= 4 is 50.5 Å². The maximum absolute atomic E-state index is 12.7. The van der Waals surface area contributed by atoms with Gasteiger partial charge in [0.25, 0.3) is 11.8 Å². The summed E-state index contributed by atoms with van der Waals surface area (Å²) in [6, 6.07) is 12.5. The van der Waals surface area contributed by atoms with Gasteiger partial charge in [-0.3, -0.25) is 24.1 Å². The van der Waals surface area contributed by atoms with E-state index in [0.29, 0.717) is 11.3 Å². The highest BCUT2D eigenvalue weighted by Crippen LogP contribution is 2.25. The van der Waals surface area contributed by atoms with Crippen LogP contribution in [0.3, 0.4) is 0 Å². The Hall–Kier alpha value is -3.13. The third-order valence-electron chi connectivity index (χ3n) is 4.56. The SMILES string of the molecule is Cn1c(=O)n(C)c2cc(/C=C3\C(=O)NN(c4cccc(Br)c4)C3=O)ccc21. The fraction of sp³-hybridized carbons (Fsp3) is 0.105. The molecular weight excluding hydrogens is 412 g/mol. The van der Waals surface area contributed by atoms with Crippen LogP contribution in [-0.4, -0.2) is 20.9 Å². The quantitative estimate of drug-likeness (QED) is 0.503. The number of imidazole rings is 1. The van der Waals surface area contributed by atoms with Crippen LogP contribution in [0, 0.1) is 0 Å². The van der Waals surface area contributed by atoms with Gasteiger partial charge in [-0.2, -0.15) is 0 Å². The largest absolute Gasteiger partial charge is 0.328 e. The second kappa shape index (κ2) is 6.24. The predicted molar refractivity (Wildman–Crippen MR) is 106 cm³/mol. The number of aromatic nitrogens is 2. The summed E-state index contributed by atoms with van der Waals surface area (Å²) in [4.78, 5) is 37.1. The summed E-state index contributed by atoms with van der Waals surface area (Å²) in [6.07, 6.45) is 1.53. The number of halogens is 1. The number of anilines is 1. The Balaban J connectivity index is 1.75. The van der Waals surface area contributed by atoms with Gasteiger partial charge in [0.05, 0.1) is 16.7 Å². The first-order valence-corrected chi connectivity index (χ1v) is 8.94. The monoisotopic (exact) mass is 426 g/mol. The number of fused-ring (bicyclic) bond motifs is 1. The first-order valence-electron chi connectivity index (χ1n) is 8.15. The Morgan fingerprint density at radius 1 is 0.963 bits per heavy atom.